The van der Waals surface area contributed by atoms with Crippen LogP contribution in [0.2, 0.25) is 0 Å². The van der Waals surface area contributed by atoms with E-state index in [4.69, 9.17) is 12.6 Å². The van der Waals surface area contributed by atoms with Crippen LogP contribution in [0.3, 0.4) is 0 Å². The fraction of sp³-hybridized carbons (Fsp3) is 0.562. The van der Waals surface area contributed by atoms with Crippen molar-refractivity contribution in [3.05, 3.63) is 34.4 Å². The normalized spacial score (nSPS) is 29.8. The summed E-state index contributed by atoms with van der Waals surface area (Å²) in [5.41, 5.74) is 2.43. The van der Waals surface area contributed by atoms with E-state index in [1.807, 2.05) is 20.1 Å². The monoisotopic (exact) mass is 263 g/mol. The number of thiol groups is 1. The summed E-state index contributed by atoms with van der Waals surface area (Å²) in [4.78, 5) is 5.64. The Morgan fingerprint density at radius 1 is 1.28 bits per heavy atom. The van der Waals surface area contributed by atoms with E-state index in [2.05, 4.69) is 50.9 Å². The van der Waals surface area contributed by atoms with Crippen LogP contribution < -0.4 is 0 Å². The second-order valence-corrected chi connectivity index (χ2v) is 5.65. The molecule has 0 aromatic heterocycles. The molecule has 0 N–H and O–H groups in total. The summed E-state index contributed by atoms with van der Waals surface area (Å²) in [7, 11) is 0. The smallest absolute Gasteiger partial charge is 0.0514 e. The maximum atomic E-state index is 4.70. The molecule has 0 saturated heterocycles. The Labute approximate surface area is 117 Å². The van der Waals surface area contributed by atoms with Gasteiger partial charge >= 0.3 is 0 Å². The van der Waals surface area contributed by atoms with Crippen LogP contribution in [0.15, 0.2) is 39.4 Å². The largest absolute Gasteiger partial charge is 0.264 e. The van der Waals surface area contributed by atoms with Crippen LogP contribution in [0.25, 0.3) is 0 Å². The molecule has 2 unspecified atom stereocenters. The quantitative estimate of drug-likeness (QED) is 0.637. The molecular formula is C16H25NS. The first-order valence-electron chi connectivity index (χ1n) is 6.84. The standard InChI is InChI=1S/C14H19NS.C2H6/c1-9(2)11-5-6-12-14(4,13(16)7-11)10(3)8-15-12;1-2/h5-10,16H,1-4H3;1-2H3. The third-order valence-electron chi connectivity index (χ3n) is 3.82. The Bertz CT molecular complexity index is 426. The van der Waals surface area contributed by atoms with Gasteiger partial charge in [0.05, 0.1) is 5.70 Å². The number of hydrogen-bond acceptors (Lipinski definition) is 2. The van der Waals surface area contributed by atoms with Crippen LogP contribution in [0.4, 0.5) is 0 Å². The molecule has 0 aromatic carbocycles. The van der Waals surface area contributed by atoms with Crippen LogP contribution in [0, 0.1) is 17.3 Å². The lowest BCUT2D eigenvalue weighted by Crippen LogP contribution is -2.23. The number of allylic oxidation sites excluding steroid dienone is 5. The fourth-order valence-corrected chi connectivity index (χ4v) is 2.65. The Hall–Kier alpha value is -0.760. The topological polar surface area (TPSA) is 12.4 Å². The molecule has 100 valence electrons. The van der Waals surface area contributed by atoms with Crippen LogP contribution in [0.5, 0.6) is 0 Å². The van der Waals surface area contributed by atoms with Crippen LogP contribution in [-0.4, -0.2) is 6.21 Å². The molecule has 0 fully saturated rings. The van der Waals surface area contributed by atoms with E-state index in [1.165, 1.54) is 5.57 Å². The number of hydrogen-bond donors (Lipinski definition) is 1. The molecular weight excluding hydrogens is 238 g/mol. The summed E-state index contributed by atoms with van der Waals surface area (Å²) in [5.74, 6) is 0.947. The Morgan fingerprint density at radius 3 is 2.44 bits per heavy atom. The molecule has 2 rings (SSSR count). The molecule has 1 heterocycles. The lowest BCUT2D eigenvalue weighted by molar-refractivity contribution is 0.437. The molecule has 2 aliphatic rings. The van der Waals surface area contributed by atoms with Crippen LogP contribution in [-0.2, 0) is 0 Å². The Balaban J connectivity index is 0.000000771. The summed E-state index contributed by atoms with van der Waals surface area (Å²) < 4.78 is 0. The Kier molecular flexibility index (Phi) is 5.03. The van der Waals surface area contributed by atoms with Gasteiger partial charge in [-0.15, -0.1) is 12.6 Å². The molecule has 0 amide bonds. The summed E-state index contributed by atoms with van der Waals surface area (Å²) >= 11 is 4.70. The van der Waals surface area contributed by atoms with Crippen molar-refractivity contribution in [1.82, 2.24) is 0 Å². The second-order valence-electron chi connectivity index (χ2n) is 5.17. The third kappa shape index (κ3) is 2.49. The minimum Gasteiger partial charge on any atom is -0.264 e. The lowest BCUT2D eigenvalue weighted by Gasteiger charge is -2.29. The molecule has 0 spiro atoms. The van der Waals surface area contributed by atoms with Gasteiger partial charge in [0.1, 0.15) is 0 Å². The number of rotatable bonds is 1. The van der Waals surface area contributed by atoms with Crippen LogP contribution in [0.1, 0.15) is 41.5 Å². The van der Waals surface area contributed by atoms with Crippen molar-refractivity contribution in [2.75, 3.05) is 0 Å². The SMILES string of the molecule is CC.CC(C)C1=CC=C2N=CC(C)C2(C)C(S)=C1. The zero-order valence-corrected chi connectivity index (χ0v) is 13.3. The first-order chi connectivity index (χ1) is 8.46. The maximum absolute atomic E-state index is 4.70. The van der Waals surface area contributed by atoms with E-state index in [-0.39, 0.29) is 5.41 Å². The molecule has 1 aliphatic heterocycles. The highest BCUT2D eigenvalue weighted by molar-refractivity contribution is 7.84. The molecule has 2 heteroatoms. The highest BCUT2D eigenvalue weighted by atomic mass is 32.1. The van der Waals surface area contributed by atoms with Crippen molar-refractivity contribution in [3.8, 4) is 0 Å². The average molecular weight is 263 g/mol. The van der Waals surface area contributed by atoms with Gasteiger partial charge in [0.15, 0.2) is 0 Å². The van der Waals surface area contributed by atoms with Crippen molar-refractivity contribution in [2.24, 2.45) is 22.2 Å². The second kappa shape index (κ2) is 5.92. The number of aliphatic imine (C=N–C) groups is 1. The molecule has 0 saturated carbocycles. The summed E-state index contributed by atoms with van der Waals surface area (Å²) in [5, 5.41) is 0. The van der Waals surface area contributed by atoms with Gasteiger partial charge < -0.3 is 0 Å². The van der Waals surface area contributed by atoms with Crippen molar-refractivity contribution >= 4 is 18.8 Å². The molecule has 0 aromatic rings. The van der Waals surface area contributed by atoms with Crippen molar-refractivity contribution < 1.29 is 0 Å². The van der Waals surface area contributed by atoms with Gasteiger partial charge in [0.25, 0.3) is 0 Å². The third-order valence-corrected chi connectivity index (χ3v) is 4.41. The number of fused-ring (bicyclic) bond motifs is 1. The van der Waals surface area contributed by atoms with Gasteiger partial charge in [0, 0.05) is 17.5 Å². The molecule has 1 nitrogen and oxygen atoms in total. The molecule has 0 bridgehead atoms. The zero-order chi connectivity index (χ0) is 13.9. The molecule has 1 aliphatic carbocycles. The van der Waals surface area contributed by atoms with Crippen molar-refractivity contribution in [3.63, 3.8) is 0 Å². The van der Waals surface area contributed by atoms with E-state index in [0.717, 1.165) is 10.6 Å². The predicted octanol–water partition coefficient (Wildman–Crippen LogP) is 5.03. The number of nitrogens with zero attached hydrogens (tertiary/aromatic N) is 1. The van der Waals surface area contributed by atoms with Gasteiger partial charge in [-0.25, -0.2) is 0 Å². The lowest BCUT2D eigenvalue weighted by atomic mass is 9.77. The van der Waals surface area contributed by atoms with Crippen LogP contribution >= 0.6 is 12.6 Å². The zero-order valence-electron chi connectivity index (χ0n) is 12.4. The van der Waals surface area contributed by atoms with E-state index >= 15 is 0 Å². The van der Waals surface area contributed by atoms with Gasteiger partial charge in [-0.1, -0.05) is 40.7 Å². The molecule has 0 radical (unpaired) electrons. The minimum absolute atomic E-state index is 0.0315. The Morgan fingerprint density at radius 2 is 1.89 bits per heavy atom. The summed E-state index contributed by atoms with van der Waals surface area (Å²) in [6, 6.07) is 0. The van der Waals surface area contributed by atoms with Crippen molar-refractivity contribution in [1.29, 1.82) is 0 Å². The summed E-state index contributed by atoms with van der Waals surface area (Å²) in [6.07, 6.45) is 8.57. The first kappa shape index (κ1) is 15.3. The molecule has 18 heavy (non-hydrogen) atoms. The fourth-order valence-electron chi connectivity index (χ4n) is 2.18. The minimum atomic E-state index is -0.0315. The highest BCUT2D eigenvalue weighted by Gasteiger charge is 2.41. The van der Waals surface area contributed by atoms with Gasteiger partial charge in [0.2, 0.25) is 0 Å². The predicted molar refractivity (Wildman–Crippen MR) is 85.2 cm³/mol. The van der Waals surface area contributed by atoms with Crippen molar-refractivity contribution in [2.45, 2.75) is 41.5 Å². The van der Waals surface area contributed by atoms with Gasteiger partial charge in [-0.3, -0.25) is 4.99 Å². The van der Waals surface area contributed by atoms with E-state index in [1.54, 1.807) is 0 Å². The first-order valence-corrected chi connectivity index (χ1v) is 7.28. The molecule has 2 atom stereocenters. The van der Waals surface area contributed by atoms with E-state index in [9.17, 15) is 0 Å². The van der Waals surface area contributed by atoms with Gasteiger partial charge in [-0.05, 0) is 35.5 Å². The summed E-state index contributed by atoms with van der Waals surface area (Å²) in [6.45, 7) is 12.8. The highest BCUT2D eigenvalue weighted by Crippen LogP contribution is 2.49. The van der Waals surface area contributed by atoms with Gasteiger partial charge in [-0.2, -0.15) is 0 Å². The average Bonchev–Trinajstić information content (AvgIpc) is 2.56. The van der Waals surface area contributed by atoms with E-state index < -0.39 is 0 Å². The maximum Gasteiger partial charge on any atom is 0.0514 e. The van der Waals surface area contributed by atoms with E-state index in [0.29, 0.717) is 11.8 Å².